The third kappa shape index (κ3) is 2.93. The summed E-state index contributed by atoms with van der Waals surface area (Å²) >= 11 is 2.92. The lowest BCUT2D eigenvalue weighted by molar-refractivity contribution is 0.0939. The van der Waals surface area contributed by atoms with E-state index < -0.39 is 0 Å². The van der Waals surface area contributed by atoms with Crippen LogP contribution in [0, 0.1) is 0 Å². The number of fused-ring (bicyclic) bond motifs is 1. The van der Waals surface area contributed by atoms with E-state index in [-0.39, 0.29) is 11.9 Å². The van der Waals surface area contributed by atoms with Crippen molar-refractivity contribution in [3.05, 3.63) is 39.4 Å². The maximum Gasteiger partial charge on any atom is 0.280 e. The Bertz CT molecular complexity index is 747. The van der Waals surface area contributed by atoms with Crippen molar-refractivity contribution in [3.8, 4) is 0 Å². The predicted octanol–water partition coefficient (Wildman–Crippen LogP) is 3.20. The molecule has 0 bridgehead atoms. The Morgan fingerprint density at radius 2 is 2.29 bits per heavy atom. The van der Waals surface area contributed by atoms with Gasteiger partial charge in [-0.25, -0.2) is 15.0 Å². The number of carbonyl (C=O) groups is 1. The number of hydrogen-bond donors (Lipinski definition) is 1. The van der Waals surface area contributed by atoms with Crippen LogP contribution in [-0.2, 0) is 6.42 Å². The topological polar surface area (TPSA) is 67.8 Å². The van der Waals surface area contributed by atoms with Gasteiger partial charge in [-0.2, -0.15) is 0 Å². The van der Waals surface area contributed by atoms with E-state index in [1.165, 1.54) is 11.3 Å². The summed E-state index contributed by atoms with van der Waals surface area (Å²) < 4.78 is 0. The van der Waals surface area contributed by atoms with E-state index in [0.29, 0.717) is 5.01 Å². The summed E-state index contributed by atoms with van der Waals surface area (Å²) in [6, 6.07) is 3.54. The zero-order chi connectivity index (χ0) is 14.8. The molecule has 0 spiro atoms. The van der Waals surface area contributed by atoms with Crippen LogP contribution in [0.1, 0.15) is 40.4 Å². The zero-order valence-electron chi connectivity index (χ0n) is 11.7. The summed E-state index contributed by atoms with van der Waals surface area (Å²) in [4.78, 5) is 26.0. The van der Waals surface area contributed by atoms with Crippen LogP contribution >= 0.6 is 22.7 Å². The van der Waals surface area contributed by atoms with E-state index in [1.54, 1.807) is 17.5 Å². The van der Waals surface area contributed by atoms with Crippen LogP contribution in [0.3, 0.4) is 0 Å². The lowest BCUT2D eigenvalue weighted by atomic mass is 10.2. The Hall–Kier alpha value is -1.86. The van der Waals surface area contributed by atoms with E-state index in [9.17, 15) is 4.79 Å². The number of aryl methyl sites for hydroxylation is 1. The van der Waals surface area contributed by atoms with Crippen molar-refractivity contribution in [2.24, 2.45) is 0 Å². The molecule has 1 unspecified atom stereocenters. The number of rotatable bonds is 4. The minimum Gasteiger partial charge on any atom is -0.342 e. The molecule has 1 N–H and O–H groups in total. The number of thiazole rings is 2. The highest BCUT2D eigenvalue weighted by atomic mass is 32.1. The molecule has 21 heavy (non-hydrogen) atoms. The summed E-state index contributed by atoms with van der Waals surface area (Å²) in [6.07, 6.45) is 2.61. The summed E-state index contributed by atoms with van der Waals surface area (Å²) in [5.74, 6) is -0.184. The van der Waals surface area contributed by atoms with Crippen molar-refractivity contribution in [1.82, 2.24) is 20.3 Å². The SMILES string of the molecule is CCc1nc(C(C)NC(=O)c2nc3cccnc3s2)cs1. The standard InChI is InChI=1S/C14H14N4OS2/c1-3-11-17-10(7-20-11)8(2)16-12(19)14-18-9-5-4-6-15-13(9)21-14/h4-8H,3H2,1-2H3,(H,16,19). The fourth-order valence-electron chi connectivity index (χ4n) is 1.89. The summed E-state index contributed by atoms with van der Waals surface area (Å²) in [6.45, 7) is 4.00. The molecule has 3 aromatic heterocycles. The molecule has 0 aliphatic heterocycles. The number of nitrogens with zero attached hydrogens (tertiary/aromatic N) is 3. The van der Waals surface area contributed by atoms with Crippen LogP contribution in [0.5, 0.6) is 0 Å². The van der Waals surface area contributed by atoms with Gasteiger partial charge in [0.2, 0.25) is 0 Å². The molecule has 3 aromatic rings. The molecule has 0 saturated carbocycles. The van der Waals surface area contributed by atoms with Gasteiger partial charge in [-0.3, -0.25) is 4.79 Å². The molecule has 7 heteroatoms. The molecule has 3 rings (SSSR count). The molecule has 0 saturated heterocycles. The first-order valence-electron chi connectivity index (χ1n) is 6.64. The van der Waals surface area contributed by atoms with Crippen LogP contribution in [0.2, 0.25) is 0 Å². The van der Waals surface area contributed by atoms with Crippen molar-refractivity contribution in [2.45, 2.75) is 26.3 Å². The average Bonchev–Trinajstić information content (AvgIpc) is 3.13. The van der Waals surface area contributed by atoms with Gasteiger partial charge in [0.05, 0.1) is 16.7 Å². The maximum atomic E-state index is 12.3. The Kier molecular flexibility index (Phi) is 3.94. The number of nitrogens with one attached hydrogen (secondary N) is 1. The molecule has 0 radical (unpaired) electrons. The summed E-state index contributed by atoms with van der Waals surface area (Å²) in [5, 5.41) is 6.44. The predicted molar refractivity (Wildman–Crippen MR) is 84.8 cm³/mol. The first kappa shape index (κ1) is 14.1. The van der Waals surface area contributed by atoms with Gasteiger partial charge in [-0.1, -0.05) is 18.3 Å². The number of aromatic nitrogens is 3. The van der Waals surface area contributed by atoms with Gasteiger partial charge >= 0.3 is 0 Å². The van der Waals surface area contributed by atoms with E-state index in [0.717, 1.165) is 27.5 Å². The van der Waals surface area contributed by atoms with Gasteiger partial charge in [0.1, 0.15) is 10.3 Å². The molecule has 108 valence electrons. The van der Waals surface area contributed by atoms with Crippen molar-refractivity contribution >= 4 is 38.9 Å². The first-order valence-corrected chi connectivity index (χ1v) is 8.33. The Morgan fingerprint density at radius 3 is 3.00 bits per heavy atom. The molecule has 5 nitrogen and oxygen atoms in total. The van der Waals surface area contributed by atoms with Crippen LogP contribution in [0.15, 0.2) is 23.7 Å². The Labute approximate surface area is 130 Å². The van der Waals surface area contributed by atoms with E-state index in [2.05, 4.69) is 27.2 Å². The summed E-state index contributed by atoms with van der Waals surface area (Å²) in [5.41, 5.74) is 1.65. The van der Waals surface area contributed by atoms with Gasteiger partial charge in [-0.05, 0) is 25.5 Å². The van der Waals surface area contributed by atoms with Crippen molar-refractivity contribution in [3.63, 3.8) is 0 Å². The van der Waals surface area contributed by atoms with Gasteiger partial charge in [-0.15, -0.1) is 11.3 Å². The second kappa shape index (κ2) is 5.87. The molecule has 1 atom stereocenters. The highest BCUT2D eigenvalue weighted by molar-refractivity contribution is 7.19. The smallest absolute Gasteiger partial charge is 0.280 e. The minimum absolute atomic E-state index is 0.131. The molecular formula is C14H14N4OS2. The average molecular weight is 318 g/mol. The molecule has 3 heterocycles. The second-order valence-electron chi connectivity index (χ2n) is 4.56. The lowest BCUT2D eigenvalue weighted by Crippen LogP contribution is -2.26. The van der Waals surface area contributed by atoms with Crippen LogP contribution in [0.25, 0.3) is 10.3 Å². The molecule has 0 aliphatic rings. The number of pyridine rings is 1. The van der Waals surface area contributed by atoms with Crippen molar-refractivity contribution < 1.29 is 4.79 Å². The molecule has 0 fully saturated rings. The maximum absolute atomic E-state index is 12.3. The molecule has 1 amide bonds. The van der Waals surface area contributed by atoms with E-state index >= 15 is 0 Å². The highest BCUT2D eigenvalue weighted by Crippen LogP contribution is 2.21. The Morgan fingerprint density at radius 1 is 1.43 bits per heavy atom. The first-order chi connectivity index (χ1) is 10.2. The lowest BCUT2D eigenvalue weighted by Gasteiger charge is -2.09. The molecule has 0 aromatic carbocycles. The fourth-order valence-corrected chi connectivity index (χ4v) is 3.53. The molecular weight excluding hydrogens is 304 g/mol. The third-order valence-corrected chi connectivity index (χ3v) is 5.01. The van der Waals surface area contributed by atoms with E-state index in [4.69, 9.17) is 0 Å². The quantitative estimate of drug-likeness (QED) is 0.802. The van der Waals surface area contributed by atoms with Crippen LogP contribution in [0.4, 0.5) is 0 Å². The molecule has 0 aliphatic carbocycles. The third-order valence-electron chi connectivity index (χ3n) is 3.02. The monoisotopic (exact) mass is 318 g/mol. The summed E-state index contributed by atoms with van der Waals surface area (Å²) in [7, 11) is 0. The normalized spacial score (nSPS) is 12.5. The highest BCUT2D eigenvalue weighted by Gasteiger charge is 2.17. The minimum atomic E-state index is -0.184. The fraction of sp³-hybridized carbons (Fsp3) is 0.286. The van der Waals surface area contributed by atoms with Gasteiger partial charge in [0, 0.05) is 11.6 Å². The van der Waals surface area contributed by atoms with Crippen LogP contribution in [-0.4, -0.2) is 20.9 Å². The number of amides is 1. The van der Waals surface area contributed by atoms with Crippen LogP contribution < -0.4 is 5.32 Å². The number of hydrogen-bond acceptors (Lipinski definition) is 6. The second-order valence-corrected chi connectivity index (χ2v) is 6.48. The zero-order valence-corrected chi connectivity index (χ0v) is 13.3. The van der Waals surface area contributed by atoms with Gasteiger partial charge in [0.25, 0.3) is 5.91 Å². The largest absolute Gasteiger partial charge is 0.342 e. The van der Waals surface area contributed by atoms with Gasteiger partial charge < -0.3 is 5.32 Å². The van der Waals surface area contributed by atoms with Crippen molar-refractivity contribution in [2.75, 3.05) is 0 Å². The number of carbonyl (C=O) groups excluding carboxylic acids is 1. The van der Waals surface area contributed by atoms with Gasteiger partial charge in [0.15, 0.2) is 5.01 Å². The Balaban J connectivity index is 1.75. The van der Waals surface area contributed by atoms with E-state index in [1.807, 2.05) is 24.4 Å². The van der Waals surface area contributed by atoms with Crippen molar-refractivity contribution in [1.29, 1.82) is 0 Å².